The molecular formula is C13H19ClN2O2S2. The van der Waals surface area contributed by atoms with E-state index >= 15 is 0 Å². The third-order valence-corrected chi connectivity index (χ3v) is 7.53. The Hall–Kier alpha value is -0.140. The Morgan fingerprint density at radius 1 is 1.35 bits per heavy atom. The molecule has 0 saturated carbocycles. The summed E-state index contributed by atoms with van der Waals surface area (Å²) in [5.41, 5.74) is 1.16. The van der Waals surface area contributed by atoms with E-state index in [0.29, 0.717) is 38.0 Å². The quantitative estimate of drug-likeness (QED) is 0.796. The van der Waals surface area contributed by atoms with Crippen molar-refractivity contribution in [1.29, 1.82) is 0 Å². The standard InChI is InChI=1S/C13H19ClN2O2S2/c14-8-11-2-1-5-15(9-11)20(17,18)16-6-3-13-12(10-16)4-7-19-13/h4,7,11H,1-3,5-6,8-10H2. The summed E-state index contributed by atoms with van der Waals surface area (Å²) in [6.45, 7) is 2.31. The molecule has 1 atom stereocenters. The average molecular weight is 335 g/mol. The maximum absolute atomic E-state index is 12.7. The molecule has 0 aliphatic carbocycles. The maximum atomic E-state index is 12.7. The van der Waals surface area contributed by atoms with Gasteiger partial charge in [-0.2, -0.15) is 17.0 Å². The summed E-state index contributed by atoms with van der Waals surface area (Å²) in [7, 11) is -3.34. The fourth-order valence-corrected chi connectivity index (χ4v) is 5.80. The molecule has 1 saturated heterocycles. The lowest BCUT2D eigenvalue weighted by Crippen LogP contribution is -2.49. The van der Waals surface area contributed by atoms with E-state index in [1.165, 1.54) is 4.88 Å². The average Bonchev–Trinajstić information content (AvgIpc) is 2.94. The van der Waals surface area contributed by atoms with Crippen LogP contribution in [-0.2, 0) is 23.2 Å². The molecule has 3 heterocycles. The van der Waals surface area contributed by atoms with Crippen molar-refractivity contribution in [2.45, 2.75) is 25.8 Å². The molecule has 2 aliphatic heterocycles. The van der Waals surface area contributed by atoms with Gasteiger partial charge in [0.15, 0.2) is 0 Å². The highest BCUT2D eigenvalue weighted by atomic mass is 35.5. The monoisotopic (exact) mass is 334 g/mol. The summed E-state index contributed by atoms with van der Waals surface area (Å²) in [5, 5.41) is 2.05. The van der Waals surface area contributed by atoms with Gasteiger partial charge in [0.1, 0.15) is 0 Å². The molecule has 1 unspecified atom stereocenters. The Kier molecular flexibility index (Phi) is 4.38. The first-order valence-corrected chi connectivity index (χ1v) is 9.79. The predicted octanol–water partition coefficient (Wildman–Crippen LogP) is 2.30. The number of piperidine rings is 1. The van der Waals surface area contributed by atoms with E-state index < -0.39 is 10.2 Å². The zero-order chi connectivity index (χ0) is 14.2. The largest absolute Gasteiger partial charge is 0.282 e. The van der Waals surface area contributed by atoms with E-state index in [2.05, 4.69) is 0 Å². The summed E-state index contributed by atoms with van der Waals surface area (Å²) in [4.78, 5) is 1.33. The van der Waals surface area contributed by atoms with Crippen LogP contribution in [0.2, 0.25) is 0 Å². The number of fused-ring (bicyclic) bond motifs is 1. The van der Waals surface area contributed by atoms with Crippen LogP contribution >= 0.6 is 22.9 Å². The van der Waals surface area contributed by atoms with Crippen LogP contribution in [0, 0.1) is 5.92 Å². The number of hydrogen-bond acceptors (Lipinski definition) is 3. The Morgan fingerprint density at radius 3 is 3.00 bits per heavy atom. The Bertz CT molecular complexity index is 573. The highest BCUT2D eigenvalue weighted by Gasteiger charge is 2.35. The lowest BCUT2D eigenvalue weighted by molar-refractivity contribution is 0.255. The molecule has 1 aromatic rings. The van der Waals surface area contributed by atoms with Crippen LogP contribution in [0.5, 0.6) is 0 Å². The molecular weight excluding hydrogens is 316 g/mol. The number of hydrogen-bond donors (Lipinski definition) is 0. The molecule has 2 aliphatic rings. The zero-order valence-corrected chi connectivity index (χ0v) is 13.7. The summed E-state index contributed by atoms with van der Waals surface area (Å²) in [5.74, 6) is 0.836. The van der Waals surface area contributed by atoms with Crippen LogP contribution < -0.4 is 0 Å². The normalized spacial score (nSPS) is 25.6. The van der Waals surface area contributed by atoms with Crippen LogP contribution in [0.3, 0.4) is 0 Å². The highest BCUT2D eigenvalue weighted by Crippen LogP contribution is 2.28. The van der Waals surface area contributed by atoms with Crippen molar-refractivity contribution in [2.24, 2.45) is 5.92 Å². The van der Waals surface area contributed by atoms with E-state index in [-0.39, 0.29) is 0 Å². The fourth-order valence-electron chi connectivity index (χ4n) is 2.95. The first kappa shape index (κ1) is 14.8. The SMILES string of the molecule is O=S(=O)(N1CCc2sccc2C1)N1CCCC(CCl)C1. The van der Waals surface area contributed by atoms with Gasteiger partial charge in [0, 0.05) is 36.9 Å². The topological polar surface area (TPSA) is 40.6 Å². The molecule has 20 heavy (non-hydrogen) atoms. The molecule has 1 fully saturated rings. The van der Waals surface area contributed by atoms with Crippen LogP contribution in [0.15, 0.2) is 11.4 Å². The summed E-state index contributed by atoms with van der Waals surface area (Å²) >= 11 is 7.63. The van der Waals surface area contributed by atoms with Crippen molar-refractivity contribution >= 4 is 33.1 Å². The number of rotatable bonds is 3. The van der Waals surface area contributed by atoms with Crippen molar-refractivity contribution in [3.05, 3.63) is 21.9 Å². The highest BCUT2D eigenvalue weighted by molar-refractivity contribution is 7.86. The summed E-state index contributed by atoms with van der Waals surface area (Å²) in [6.07, 6.45) is 2.78. The van der Waals surface area contributed by atoms with E-state index in [1.807, 2.05) is 11.4 Å². The Labute approximate surface area is 129 Å². The number of alkyl halides is 1. The Morgan fingerprint density at radius 2 is 2.20 bits per heavy atom. The van der Waals surface area contributed by atoms with Gasteiger partial charge >= 0.3 is 0 Å². The number of halogens is 1. The molecule has 0 amide bonds. The minimum Gasteiger partial charge on any atom is -0.195 e. The molecule has 3 rings (SSSR count). The molecule has 1 aromatic heterocycles. The van der Waals surface area contributed by atoms with Gasteiger partial charge < -0.3 is 0 Å². The van der Waals surface area contributed by atoms with Gasteiger partial charge in [-0.3, -0.25) is 0 Å². The maximum Gasteiger partial charge on any atom is 0.282 e. The van der Waals surface area contributed by atoms with Gasteiger partial charge in [-0.15, -0.1) is 22.9 Å². The van der Waals surface area contributed by atoms with Gasteiger partial charge in [-0.25, -0.2) is 0 Å². The molecule has 112 valence electrons. The third-order valence-electron chi connectivity index (χ3n) is 4.13. The molecule has 4 nitrogen and oxygen atoms in total. The molecule has 7 heteroatoms. The van der Waals surface area contributed by atoms with E-state index in [0.717, 1.165) is 24.8 Å². The first-order valence-electron chi connectivity index (χ1n) is 6.97. The van der Waals surface area contributed by atoms with Crippen molar-refractivity contribution in [3.63, 3.8) is 0 Å². The Balaban J connectivity index is 1.75. The van der Waals surface area contributed by atoms with Gasteiger partial charge in [-0.1, -0.05) is 0 Å². The minimum atomic E-state index is -3.34. The summed E-state index contributed by atoms with van der Waals surface area (Å²) < 4.78 is 28.7. The fraction of sp³-hybridized carbons (Fsp3) is 0.692. The van der Waals surface area contributed by atoms with E-state index in [1.54, 1.807) is 19.9 Å². The van der Waals surface area contributed by atoms with Crippen LogP contribution in [0.1, 0.15) is 23.3 Å². The van der Waals surface area contributed by atoms with Crippen LogP contribution in [-0.4, -0.2) is 42.5 Å². The van der Waals surface area contributed by atoms with Crippen molar-refractivity contribution in [1.82, 2.24) is 8.61 Å². The lowest BCUT2D eigenvalue weighted by atomic mass is 10.0. The van der Waals surface area contributed by atoms with Crippen molar-refractivity contribution < 1.29 is 8.42 Å². The second-order valence-corrected chi connectivity index (χ2v) is 8.72. The smallest absolute Gasteiger partial charge is 0.195 e. The van der Waals surface area contributed by atoms with Gasteiger partial charge in [0.25, 0.3) is 10.2 Å². The van der Waals surface area contributed by atoms with Crippen molar-refractivity contribution in [2.75, 3.05) is 25.5 Å². The van der Waals surface area contributed by atoms with E-state index in [9.17, 15) is 8.42 Å². The molecule has 0 radical (unpaired) electrons. The van der Waals surface area contributed by atoms with E-state index in [4.69, 9.17) is 11.6 Å². The lowest BCUT2D eigenvalue weighted by Gasteiger charge is -2.36. The first-order chi connectivity index (χ1) is 9.61. The number of nitrogens with zero attached hydrogens (tertiary/aromatic N) is 2. The van der Waals surface area contributed by atoms with Gasteiger partial charge in [0.05, 0.1) is 0 Å². The number of thiophene rings is 1. The van der Waals surface area contributed by atoms with Gasteiger partial charge in [-0.05, 0) is 42.2 Å². The second kappa shape index (κ2) is 5.93. The second-order valence-electron chi connectivity index (χ2n) is 5.48. The molecule has 0 bridgehead atoms. The predicted molar refractivity (Wildman–Crippen MR) is 82.4 cm³/mol. The van der Waals surface area contributed by atoms with Crippen LogP contribution in [0.25, 0.3) is 0 Å². The van der Waals surface area contributed by atoms with Gasteiger partial charge in [0.2, 0.25) is 0 Å². The molecule has 0 aromatic carbocycles. The third kappa shape index (κ3) is 2.76. The molecule has 0 spiro atoms. The van der Waals surface area contributed by atoms with Crippen LogP contribution in [0.4, 0.5) is 0 Å². The minimum absolute atomic E-state index is 0.293. The van der Waals surface area contributed by atoms with Crippen molar-refractivity contribution in [3.8, 4) is 0 Å². The zero-order valence-electron chi connectivity index (χ0n) is 11.3. The molecule has 0 N–H and O–H groups in total. The summed E-state index contributed by atoms with van der Waals surface area (Å²) in [6, 6.07) is 2.04.